The summed E-state index contributed by atoms with van der Waals surface area (Å²) in [7, 11) is 1.74. The number of rotatable bonds is 5. The smallest absolute Gasteiger partial charge is 0.239 e. The molecule has 150 valence electrons. The predicted molar refractivity (Wildman–Crippen MR) is 115 cm³/mol. The first-order valence-electron chi connectivity index (χ1n) is 9.50. The fourth-order valence-electron chi connectivity index (χ4n) is 3.10. The summed E-state index contributed by atoms with van der Waals surface area (Å²) in [6.07, 6.45) is 2.12. The molecule has 1 heterocycles. The Kier molecular flexibility index (Phi) is 8.10. The molecule has 1 amide bonds. The van der Waals surface area contributed by atoms with Crippen molar-refractivity contribution in [2.75, 3.05) is 26.7 Å². The lowest BCUT2D eigenvalue weighted by molar-refractivity contribution is -0.121. The Bertz CT molecular complexity index is 631. The van der Waals surface area contributed by atoms with Gasteiger partial charge in [0.05, 0.1) is 6.54 Å². The average molecular weight is 438 g/mol. The van der Waals surface area contributed by atoms with Crippen LogP contribution in [-0.2, 0) is 11.3 Å². The molecule has 1 fully saturated rings. The summed E-state index contributed by atoms with van der Waals surface area (Å²) in [6.45, 7) is 9.23. The van der Waals surface area contributed by atoms with Gasteiger partial charge in [0.25, 0.3) is 0 Å². The Balaban J connectivity index is 1.71. The molecular formula is C20H32BrN5O. The maximum Gasteiger partial charge on any atom is 0.239 e. The van der Waals surface area contributed by atoms with Crippen LogP contribution in [0.15, 0.2) is 33.7 Å². The minimum atomic E-state index is -0.225. The first kappa shape index (κ1) is 21.7. The number of likely N-dealkylation sites (tertiary alicyclic amines) is 1. The zero-order valence-electron chi connectivity index (χ0n) is 16.8. The minimum Gasteiger partial charge on any atom is -0.354 e. The molecule has 0 saturated carbocycles. The molecule has 1 saturated heterocycles. The molecule has 0 aromatic heterocycles. The average Bonchev–Trinajstić information content (AvgIpc) is 2.60. The van der Waals surface area contributed by atoms with Crippen LogP contribution in [0.3, 0.4) is 0 Å². The van der Waals surface area contributed by atoms with Crippen LogP contribution >= 0.6 is 15.9 Å². The van der Waals surface area contributed by atoms with Crippen LogP contribution in [0.4, 0.5) is 0 Å². The molecule has 0 atom stereocenters. The third-order valence-electron chi connectivity index (χ3n) is 4.40. The third-order valence-corrected chi connectivity index (χ3v) is 4.93. The lowest BCUT2D eigenvalue weighted by Gasteiger charge is -2.33. The number of nitrogens with one attached hydrogen (secondary N) is 3. The van der Waals surface area contributed by atoms with Gasteiger partial charge in [-0.05, 0) is 51.3 Å². The number of carbonyl (C=O) groups excluding carboxylic acids is 1. The van der Waals surface area contributed by atoms with Crippen molar-refractivity contribution in [3.05, 3.63) is 34.3 Å². The van der Waals surface area contributed by atoms with E-state index in [2.05, 4.69) is 66.0 Å². The van der Waals surface area contributed by atoms with Crippen molar-refractivity contribution in [1.82, 2.24) is 20.9 Å². The van der Waals surface area contributed by atoms with Crippen LogP contribution in [0.5, 0.6) is 0 Å². The maximum absolute atomic E-state index is 11.9. The monoisotopic (exact) mass is 437 g/mol. The molecule has 7 heteroatoms. The number of nitrogens with zero attached hydrogens (tertiary/aromatic N) is 2. The summed E-state index contributed by atoms with van der Waals surface area (Å²) in [5.41, 5.74) is 1.11. The van der Waals surface area contributed by atoms with Crippen LogP contribution < -0.4 is 16.0 Å². The molecule has 3 N–H and O–H groups in total. The zero-order valence-corrected chi connectivity index (χ0v) is 18.4. The van der Waals surface area contributed by atoms with Crippen molar-refractivity contribution in [2.24, 2.45) is 4.99 Å². The highest BCUT2D eigenvalue weighted by Crippen LogP contribution is 2.16. The fraction of sp³-hybridized carbons (Fsp3) is 0.600. The molecule has 1 aliphatic heterocycles. The number of carbonyl (C=O) groups is 1. The SMILES string of the molecule is CN=C(NCC(=O)NC(C)(C)C)NC1CCN(Cc2ccc(Br)cc2)CC1. The van der Waals surface area contributed by atoms with Crippen molar-refractivity contribution in [3.8, 4) is 0 Å². The first-order valence-corrected chi connectivity index (χ1v) is 10.3. The van der Waals surface area contributed by atoms with Gasteiger partial charge in [-0.2, -0.15) is 0 Å². The van der Waals surface area contributed by atoms with Crippen molar-refractivity contribution in [1.29, 1.82) is 0 Å². The summed E-state index contributed by atoms with van der Waals surface area (Å²) < 4.78 is 1.12. The summed E-state index contributed by atoms with van der Waals surface area (Å²) in [5.74, 6) is 0.653. The highest BCUT2D eigenvalue weighted by atomic mass is 79.9. The van der Waals surface area contributed by atoms with Crippen molar-refractivity contribution < 1.29 is 4.79 Å². The molecule has 0 bridgehead atoms. The van der Waals surface area contributed by atoms with Crippen molar-refractivity contribution in [2.45, 2.75) is 51.7 Å². The second-order valence-corrected chi connectivity index (χ2v) is 8.96. The normalized spacial score (nSPS) is 16.9. The van der Waals surface area contributed by atoms with Gasteiger partial charge in [-0.3, -0.25) is 14.7 Å². The van der Waals surface area contributed by atoms with Gasteiger partial charge in [-0.25, -0.2) is 0 Å². The van der Waals surface area contributed by atoms with E-state index in [4.69, 9.17) is 0 Å². The van der Waals surface area contributed by atoms with E-state index in [-0.39, 0.29) is 18.0 Å². The first-order chi connectivity index (χ1) is 12.7. The lowest BCUT2D eigenvalue weighted by atomic mass is 10.0. The van der Waals surface area contributed by atoms with Crippen molar-refractivity contribution >= 4 is 27.8 Å². The van der Waals surface area contributed by atoms with Gasteiger partial charge in [0.1, 0.15) is 0 Å². The summed E-state index contributed by atoms with van der Waals surface area (Å²) in [5, 5.41) is 9.49. The van der Waals surface area contributed by atoms with Crippen LogP contribution in [0.2, 0.25) is 0 Å². The molecule has 1 aliphatic rings. The fourth-order valence-corrected chi connectivity index (χ4v) is 3.36. The van der Waals surface area contributed by atoms with Crippen LogP contribution in [0.1, 0.15) is 39.2 Å². The quantitative estimate of drug-likeness (QED) is 0.488. The van der Waals surface area contributed by atoms with Crippen LogP contribution in [0.25, 0.3) is 0 Å². The molecule has 0 unspecified atom stereocenters. The van der Waals surface area contributed by atoms with E-state index in [1.54, 1.807) is 7.05 Å². The van der Waals surface area contributed by atoms with Crippen LogP contribution in [-0.4, -0.2) is 55.0 Å². The van der Waals surface area contributed by atoms with Gasteiger partial charge < -0.3 is 16.0 Å². The maximum atomic E-state index is 11.9. The van der Waals surface area contributed by atoms with Gasteiger partial charge in [0.15, 0.2) is 5.96 Å². The zero-order chi connectivity index (χ0) is 19.9. The molecule has 27 heavy (non-hydrogen) atoms. The number of piperidine rings is 1. The van der Waals surface area contributed by atoms with Crippen molar-refractivity contribution in [3.63, 3.8) is 0 Å². The third kappa shape index (κ3) is 8.30. The number of halogens is 1. The number of hydrogen-bond donors (Lipinski definition) is 3. The molecule has 1 aromatic rings. The van der Waals surface area contributed by atoms with E-state index in [1.165, 1.54) is 5.56 Å². The minimum absolute atomic E-state index is 0.0326. The summed E-state index contributed by atoms with van der Waals surface area (Å²) >= 11 is 3.48. The van der Waals surface area contributed by atoms with E-state index in [9.17, 15) is 4.79 Å². The molecule has 6 nitrogen and oxygen atoms in total. The topological polar surface area (TPSA) is 68.8 Å². The van der Waals surface area contributed by atoms with E-state index in [0.717, 1.165) is 36.9 Å². The van der Waals surface area contributed by atoms with Gasteiger partial charge in [-0.15, -0.1) is 0 Å². The Morgan fingerprint density at radius 1 is 1.22 bits per heavy atom. The molecule has 0 spiro atoms. The van der Waals surface area contributed by atoms with E-state index < -0.39 is 0 Å². The van der Waals surface area contributed by atoms with E-state index >= 15 is 0 Å². The molecular weight excluding hydrogens is 406 g/mol. The van der Waals surface area contributed by atoms with Gasteiger partial charge in [0.2, 0.25) is 5.91 Å². The molecule has 0 radical (unpaired) electrons. The number of guanidine groups is 1. The molecule has 0 aliphatic carbocycles. The second kappa shape index (κ2) is 10.1. The standard InChI is InChI=1S/C20H32BrN5O/c1-20(2,3)25-18(27)13-23-19(22-4)24-17-9-11-26(12-10-17)14-15-5-7-16(21)8-6-15/h5-8,17H,9-14H2,1-4H3,(H,25,27)(H2,22,23,24). The number of hydrogen-bond acceptors (Lipinski definition) is 3. The van der Waals surface area contributed by atoms with E-state index in [0.29, 0.717) is 12.0 Å². The summed E-state index contributed by atoms with van der Waals surface area (Å²) in [4.78, 5) is 18.7. The molecule has 1 aromatic carbocycles. The second-order valence-electron chi connectivity index (χ2n) is 8.05. The Morgan fingerprint density at radius 3 is 2.41 bits per heavy atom. The Labute approximate surface area is 171 Å². The lowest BCUT2D eigenvalue weighted by Crippen LogP contribution is -2.51. The number of benzene rings is 1. The number of aliphatic imine (C=N–C) groups is 1. The largest absolute Gasteiger partial charge is 0.354 e. The van der Waals surface area contributed by atoms with E-state index in [1.807, 2.05) is 20.8 Å². The number of amides is 1. The van der Waals surface area contributed by atoms with Gasteiger partial charge >= 0.3 is 0 Å². The van der Waals surface area contributed by atoms with Gasteiger partial charge in [0, 0.05) is 42.7 Å². The van der Waals surface area contributed by atoms with Gasteiger partial charge in [-0.1, -0.05) is 28.1 Å². The predicted octanol–water partition coefficient (Wildman–Crippen LogP) is 2.49. The summed E-state index contributed by atoms with van der Waals surface area (Å²) in [6, 6.07) is 8.90. The highest BCUT2D eigenvalue weighted by molar-refractivity contribution is 9.10. The molecule has 2 rings (SSSR count). The highest BCUT2D eigenvalue weighted by Gasteiger charge is 2.20. The Morgan fingerprint density at radius 2 is 1.85 bits per heavy atom. The Hall–Kier alpha value is -1.60. The van der Waals surface area contributed by atoms with Crippen LogP contribution in [0, 0.1) is 0 Å².